The molecule has 17 heavy (non-hydrogen) atoms. The van der Waals surface area contributed by atoms with Crippen molar-refractivity contribution in [3.63, 3.8) is 0 Å². The molecule has 3 atom stereocenters. The maximum atomic E-state index is 12.5. The van der Waals surface area contributed by atoms with E-state index in [1.165, 1.54) is 0 Å². The summed E-state index contributed by atoms with van der Waals surface area (Å²) >= 11 is 0. The number of aliphatic hydroxyl groups is 2. The molecule has 2 heterocycles. The minimum Gasteiger partial charge on any atom is -0.388 e. The maximum absolute atomic E-state index is 12.5. The van der Waals surface area contributed by atoms with Crippen LogP contribution in [0.4, 0.5) is 0 Å². The molecular weight excluding hydrogens is 220 g/mol. The molecule has 0 spiro atoms. The molecule has 0 saturated carbocycles. The zero-order valence-electron chi connectivity index (χ0n) is 10.4. The molecule has 1 amide bonds. The highest BCUT2D eigenvalue weighted by atomic mass is 16.3. The standard InChI is InChI=1S/C12H22N2O3/c1-2-3-12(4-5-13-8-12)11(17)14-6-9(15)10(16)7-14/h9-10,13,15-16H,2-8H2,1H3/t9-,10+,12?. The topological polar surface area (TPSA) is 72.8 Å². The van der Waals surface area contributed by atoms with Crippen molar-refractivity contribution in [2.75, 3.05) is 26.2 Å². The Labute approximate surface area is 102 Å². The summed E-state index contributed by atoms with van der Waals surface area (Å²) in [6, 6.07) is 0. The fourth-order valence-corrected chi connectivity index (χ4v) is 3.00. The van der Waals surface area contributed by atoms with Crippen molar-refractivity contribution in [1.82, 2.24) is 10.2 Å². The van der Waals surface area contributed by atoms with Gasteiger partial charge in [-0.15, -0.1) is 0 Å². The molecule has 3 N–H and O–H groups in total. The number of carbonyl (C=O) groups excluding carboxylic acids is 1. The van der Waals surface area contributed by atoms with Gasteiger partial charge in [0, 0.05) is 19.6 Å². The van der Waals surface area contributed by atoms with E-state index in [0.717, 1.165) is 32.4 Å². The Morgan fingerprint density at radius 3 is 2.53 bits per heavy atom. The van der Waals surface area contributed by atoms with Gasteiger partial charge in [0.2, 0.25) is 5.91 Å². The van der Waals surface area contributed by atoms with Crippen molar-refractivity contribution in [1.29, 1.82) is 0 Å². The Hall–Kier alpha value is -0.650. The van der Waals surface area contributed by atoms with E-state index in [4.69, 9.17) is 0 Å². The molecule has 2 saturated heterocycles. The Morgan fingerprint density at radius 1 is 1.41 bits per heavy atom. The zero-order valence-corrected chi connectivity index (χ0v) is 10.4. The van der Waals surface area contributed by atoms with Crippen LogP contribution in [0.3, 0.4) is 0 Å². The molecule has 0 aliphatic carbocycles. The van der Waals surface area contributed by atoms with E-state index in [1.807, 2.05) is 0 Å². The molecule has 0 bridgehead atoms. The molecule has 0 radical (unpaired) electrons. The largest absolute Gasteiger partial charge is 0.388 e. The second-order valence-electron chi connectivity index (χ2n) is 5.30. The second kappa shape index (κ2) is 4.92. The van der Waals surface area contributed by atoms with Crippen LogP contribution in [0.5, 0.6) is 0 Å². The lowest BCUT2D eigenvalue weighted by Crippen LogP contribution is -2.44. The number of carbonyl (C=O) groups is 1. The summed E-state index contributed by atoms with van der Waals surface area (Å²) in [5.74, 6) is 0.0972. The summed E-state index contributed by atoms with van der Waals surface area (Å²) in [7, 11) is 0. The highest BCUT2D eigenvalue weighted by Gasteiger charge is 2.45. The number of hydrogen-bond donors (Lipinski definition) is 3. The Morgan fingerprint density at radius 2 is 2.06 bits per heavy atom. The quantitative estimate of drug-likeness (QED) is 0.614. The van der Waals surface area contributed by atoms with Crippen LogP contribution in [0.1, 0.15) is 26.2 Å². The lowest BCUT2D eigenvalue weighted by atomic mass is 9.81. The van der Waals surface area contributed by atoms with Gasteiger partial charge in [0.15, 0.2) is 0 Å². The first-order valence-electron chi connectivity index (χ1n) is 6.45. The molecule has 0 aromatic carbocycles. The number of likely N-dealkylation sites (tertiary alicyclic amines) is 1. The summed E-state index contributed by atoms with van der Waals surface area (Å²) in [6.45, 7) is 4.23. The van der Waals surface area contributed by atoms with Gasteiger partial charge in [0.05, 0.1) is 17.6 Å². The molecule has 0 aromatic rings. The second-order valence-corrected chi connectivity index (χ2v) is 5.30. The van der Waals surface area contributed by atoms with Gasteiger partial charge in [-0.25, -0.2) is 0 Å². The molecule has 98 valence electrons. The summed E-state index contributed by atoms with van der Waals surface area (Å²) in [5, 5.41) is 22.3. The number of amides is 1. The van der Waals surface area contributed by atoms with Crippen molar-refractivity contribution in [2.45, 2.75) is 38.4 Å². The maximum Gasteiger partial charge on any atom is 0.230 e. The molecular formula is C12H22N2O3. The number of hydrogen-bond acceptors (Lipinski definition) is 4. The van der Waals surface area contributed by atoms with Crippen LogP contribution in [-0.4, -0.2) is 59.4 Å². The molecule has 0 aromatic heterocycles. The molecule has 5 heteroatoms. The smallest absolute Gasteiger partial charge is 0.230 e. The number of nitrogens with one attached hydrogen (secondary N) is 1. The van der Waals surface area contributed by atoms with E-state index in [0.29, 0.717) is 0 Å². The third kappa shape index (κ3) is 2.32. The summed E-state index contributed by atoms with van der Waals surface area (Å²) < 4.78 is 0. The van der Waals surface area contributed by atoms with Gasteiger partial charge in [-0.3, -0.25) is 4.79 Å². The van der Waals surface area contributed by atoms with E-state index >= 15 is 0 Å². The lowest BCUT2D eigenvalue weighted by Gasteiger charge is -2.31. The monoisotopic (exact) mass is 242 g/mol. The van der Waals surface area contributed by atoms with Crippen molar-refractivity contribution in [3.05, 3.63) is 0 Å². The average Bonchev–Trinajstić information content (AvgIpc) is 2.88. The SMILES string of the molecule is CCCC1(C(=O)N2C[C@@H](O)[C@@H](O)C2)CCNC1. The first kappa shape index (κ1) is 12.8. The van der Waals surface area contributed by atoms with Gasteiger partial charge < -0.3 is 20.4 Å². The fraction of sp³-hybridized carbons (Fsp3) is 0.917. The first-order valence-corrected chi connectivity index (χ1v) is 6.45. The van der Waals surface area contributed by atoms with Crippen LogP contribution in [0.25, 0.3) is 0 Å². The van der Waals surface area contributed by atoms with Crippen LogP contribution < -0.4 is 5.32 Å². The fourth-order valence-electron chi connectivity index (χ4n) is 3.00. The summed E-state index contributed by atoms with van der Waals surface area (Å²) in [4.78, 5) is 14.1. The van der Waals surface area contributed by atoms with E-state index in [-0.39, 0.29) is 24.4 Å². The Balaban J connectivity index is 2.07. The normalized spacial score (nSPS) is 37.7. The third-order valence-corrected chi connectivity index (χ3v) is 3.97. The third-order valence-electron chi connectivity index (χ3n) is 3.97. The zero-order chi connectivity index (χ0) is 12.5. The minimum atomic E-state index is -0.785. The molecule has 1 unspecified atom stereocenters. The van der Waals surface area contributed by atoms with Crippen molar-refractivity contribution < 1.29 is 15.0 Å². The van der Waals surface area contributed by atoms with Crippen molar-refractivity contribution in [3.8, 4) is 0 Å². The van der Waals surface area contributed by atoms with Gasteiger partial charge in [-0.05, 0) is 19.4 Å². The highest BCUT2D eigenvalue weighted by Crippen LogP contribution is 2.34. The van der Waals surface area contributed by atoms with Crippen molar-refractivity contribution >= 4 is 5.91 Å². The molecule has 2 rings (SSSR count). The van der Waals surface area contributed by atoms with Crippen LogP contribution in [0.15, 0.2) is 0 Å². The summed E-state index contributed by atoms with van der Waals surface area (Å²) in [5.41, 5.74) is -0.307. The van der Waals surface area contributed by atoms with Crippen LogP contribution >= 0.6 is 0 Å². The van der Waals surface area contributed by atoms with Gasteiger partial charge in [-0.2, -0.15) is 0 Å². The van der Waals surface area contributed by atoms with Crippen LogP contribution in [0.2, 0.25) is 0 Å². The van der Waals surface area contributed by atoms with E-state index in [1.54, 1.807) is 4.90 Å². The van der Waals surface area contributed by atoms with E-state index in [9.17, 15) is 15.0 Å². The number of β-amino-alcohol motifs (C(OH)–C–C–N with tert-alkyl or cyclic N) is 2. The molecule has 2 aliphatic rings. The number of rotatable bonds is 3. The lowest BCUT2D eigenvalue weighted by molar-refractivity contribution is -0.141. The molecule has 2 fully saturated rings. The van der Waals surface area contributed by atoms with Gasteiger partial charge >= 0.3 is 0 Å². The minimum absolute atomic E-state index is 0.0972. The van der Waals surface area contributed by atoms with Crippen molar-refractivity contribution in [2.24, 2.45) is 5.41 Å². The van der Waals surface area contributed by atoms with Gasteiger partial charge in [0.25, 0.3) is 0 Å². The molecule has 2 aliphatic heterocycles. The van der Waals surface area contributed by atoms with E-state index in [2.05, 4.69) is 12.2 Å². The van der Waals surface area contributed by atoms with Crippen LogP contribution in [-0.2, 0) is 4.79 Å². The van der Waals surface area contributed by atoms with Gasteiger partial charge in [-0.1, -0.05) is 13.3 Å². The van der Waals surface area contributed by atoms with E-state index < -0.39 is 12.2 Å². The first-order chi connectivity index (χ1) is 8.09. The highest BCUT2D eigenvalue weighted by molar-refractivity contribution is 5.83. The Bertz CT molecular complexity index is 279. The van der Waals surface area contributed by atoms with Crippen LogP contribution in [0, 0.1) is 5.41 Å². The molecule has 5 nitrogen and oxygen atoms in total. The summed E-state index contributed by atoms with van der Waals surface area (Å²) in [6.07, 6.45) is 1.15. The predicted octanol–water partition coefficient (Wildman–Crippen LogP) is -0.670. The number of aliphatic hydroxyl groups excluding tert-OH is 2. The van der Waals surface area contributed by atoms with Gasteiger partial charge in [0.1, 0.15) is 0 Å². The predicted molar refractivity (Wildman–Crippen MR) is 63.4 cm³/mol. The number of nitrogens with zero attached hydrogens (tertiary/aromatic N) is 1. The average molecular weight is 242 g/mol. The Kier molecular flexibility index (Phi) is 3.70.